The van der Waals surface area contributed by atoms with Crippen molar-refractivity contribution in [2.24, 2.45) is 5.92 Å². The third-order valence-corrected chi connectivity index (χ3v) is 3.50. The summed E-state index contributed by atoms with van der Waals surface area (Å²) in [7, 11) is 0. The lowest BCUT2D eigenvalue weighted by atomic mass is 10.0. The minimum atomic E-state index is -0.0653. The number of rotatable bonds is 6. The number of carbonyl (C=O) groups excluding carboxylic acids is 1. The number of amides is 1. The minimum absolute atomic E-state index is 0.0653. The van der Waals surface area contributed by atoms with Gasteiger partial charge in [-0.15, -0.1) is 0 Å². The summed E-state index contributed by atoms with van der Waals surface area (Å²) >= 11 is 0. The normalized spacial score (nSPS) is 12.5. The molecule has 4 heteroatoms. The van der Waals surface area contributed by atoms with Crippen LogP contribution >= 0.6 is 0 Å². The molecular weight excluding hydrogens is 240 g/mol. The van der Waals surface area contributed by atoms with Crippen molar-refractivity contribution >= 4 is 16.8 Å². The van der Waals surface area contributed by atoms with Gasteiger partial charge in [0, 0.05) is 24.7 Å². The van der Waals surface area contributed by atoms with Crippen molar-refractivity contribution in [3.05, 3.63) is 36.0 Å². The predicted molar refractivity (Wildman–Crippen MR) is 76.1 cm³/mol. The Balaban J connectivity index is 2.05. The number of nitrogens with one attached hydrogen (secondary N) is 2. The first kappa shape index (κ1) is 13.6. The molecule has 3 N–H and O–H groups in total. The van der Waals surface area contributed by atoms with Gasteiger partial charge in [0.25, 0.3) is 5.91 Å². The smallest absolute Gasteiger partial charge is 0.253 e. The summed E-state index contributed by atoms with van der Waals surface area (Å²) in [6.07, 6.45) is 3.51. The summed E-state index contributed by atoms with van der Waals surface area (Å²) in [5.74, 6) is 0.265. The molecule has 102 valence electrons. The maximum absolute atomic E-state index is 12.2. The molecule has 0 spiro atoms. The number of aliphatic hydroxyl groups is 1. The first-order chi connectivity index (χ1) is 9.26. The maximum atomic E-state index is 12.2. The van der Waals surface area contributed by atoms with Gasteiger partial charge in [-0.1, -0.05) is 25.5 Å². The van der Waals surface area contributed by atoms with Gasteiger partial charge in [-0.05, 0) is 24.5 Å². The zero-order valence-corrected chi connectivity index (χ0v) is 11.1. The Morgan fingerprint density at radius 1 is 1.42 bits per heavy atom. The number of H-pyrrole nitrogens is 1. The summed E-state index contributed by atoms with van der Waals surface area (Å²) in [4.78, 5) is 15.3. The summed E-state index contributed by atoms with van der Waals surface area (Å²) in [5, 5.41) is 12.9. The van der Waals surface area contributed by atoms with Crippen molar-refractivity contribution in [1.29, 1.82) is 0 Å². The van der Waals surface area contributed by atoms with E-state index in [2.05, 4.69) is 17.2 Å². The first-order valence-corrected chi connectivity index (χ1v) is 6.71. The summed E-state index contributed by atoms with van der Waals surface area (Å²) < 4.78 is 0. The number of benzene rings is 1. The third kappa shape index (κ3) is 3.15. The molecule has 0 fully saturated rings. The highest BCUT2D eigenvalue weighted by molar-refractivity contribution is 6.05. The average molecular weight is 260 g/mol. The van der Waals surface area contributed by atoms with Crippen LogP contribution in [0.2, 0.25) is 0 Å². The lowest BCUT2D eigenvalue weighted by molar-refractivity contribution is 0.0945. The van der Waals surface area contributed by atoms with E-state index in [-0.39, 0.29) is 12.5 Å². The third-order valence-electron chi connectivity index (χ3n) is 3.50. The van der Waals surface area contributed by atoms with E-state index < -0.39 is 0 Å². The molecule has 0 radical (unpaired) electrons. The van der Waals surface area contributed by atoms with E-state index >= 15 is 0 Å². The fraction of sp³-hybridized carbons (Fsp3) is 0.400. The van der Waals surface area contributed by atoms with E-state index in [9.17, 15) is 4.79 Å². The quantitative estimate of drug-likeness (QED) is 0.746. The molecule has 1 amide bonds. The van der Waals surface area contributed by atoms with E-state index in [0.29, 0.717) is 18.0 Å². The van der Waals surface area contributed by atoms with Gasteiger partial charge in [-0.3, -0.25) is 4.79 Å². The number of aromatic amines is 1. The van der Waals surface area contributed by atoms with Gasteiger partial charge >= 0.3 is 0 Å². The highest BCUT2D eigenvalue weighted by Gasteiger charge is 2.12. The molecule has 1 aromatic carbocycles. The monoisotopic (exact) mass is 260 g/mol. The van der Waals surface area contributed by atoms with Crippen molar-refractivity contribution in [1.82, 2.24) is 10.3 Å². The van der Waals surface area contributed by atoms with Crippen molar-refractivity contribution in [2.75, 3.05) is 13.2 Å². The van der Waals surface area contributed by atoms with Crippen LogP contribution in [0.4, 0.5) is 0 Å². The Bertz CT molecular complexity index is 548. The largest absolute Gasteiger partial charge is 0.396 e. The SMILES string of the molecule is CCC(CCO)CNC(=O)c1cccc2cc[nH]c12. The fourth-order valence-electron chi connectivity index (χ4n) is 2.24. The van der Waals surface area contributed by atoms with Crippen molar-refractivity contribution in [3.63, 3.8) is 0 Å². The second-order valence-electron chi connectivity index (χ2n) is 4.74. The molecule has 0 aliphatic carbocycles. The lowest BCUT2D eigenvalue weighted by Crippen LogP contribution is -2.29. The number of fused-ring (bicyclic) bond motifs is 1. The van der Waals surface area contributed by atoms with Crippen LogP contribution in [0.25, 0.3) is 10.9 Å². The highest BCUT2D eigenvalue weighted by atomic mass is 16.3. The van der Waals surface area contributed by atoms with Crippen LogP contribution in [0.15, 0.2) is 30.5 Å². The molecule has 0 aliphatic rings. The standard InChI is InChI=1S/C15H20N2O2/c1-2-11(7-9-18)10-17-15(19)13-5-3-4-12-6-8-16-14(12)13/h3-6,8,11,16,18H,2,7,9-10H2,1H3,(H,17,19). The Morgan fingerprint density at radius 2 is 2.26 bits per heavy atom. The molecule has 0 aliphatic heterocycles. The molecule has 2 rings (SSSR count). The summed E-state index contributed by atoms with van der Waals surface area (Å²) in [6, 6.07) is 7.63. The van der Waals surface area contributed by atoms with Crippen LogP contribution in [0.3, 0.4) is 0 Å². The van der Waals surface area contributed by atoms with Crippen LogP contribution in [-0.2, 0) is 0 Å². The summed E-state index contributed by atoms with van der Waals surface area (Å²) in [5.41, 5.74) is 1.54. The van der Waals surface area contributed by atoms with Crippen LogP contribution < -0.4 is 5.32 Å². The Morgan fingerprint density at radius 3 is 3.00 bits per heavy atom. The van der Waals surface area contributed by atoms with Crippen molar-refractivity contribution in [3.8, 4) is 0 Å². The molecule has 1 aromatic heterocycles. The predicted octanol–water partition coefficient (Wildman–Crippen LogP) is 2.31. The number of carbonyl (C=O) groups is 1. The fourth-order valence-corrected chi connectivity index (χ4v) is 2.24. The highest BCUT2D eigenvalue weighted by Crippen LogP contribution is 2.17. The van der Waals surface area contributed by atoms with Crippen LogP contribution in [-0.4, -0.2) is 29.1 Å². The molecule has 0 saturated heterocycles. The van der Waals surface area contributed by atoms with Gasteiger partial charge in [0.05, 0.1) is 11.1 Å². The van der Waals surface area contributed by atoms with Gasteiger partial charge in [-0.25, -0.2) is 0 Å². The van der Waals surface area contributed by atoms with E-state index in [0.717, 1.165) is 23.7 Å². The molecule has 2 aromatic rings. The number of aromatic nitrogens is 1. The van der Waals surface area contributed by atoms with Crippen LogP contribution in [0, 0.1) is 5.92 Å². The topological polar surface area (TPSA) is 65.1 Å². The zero-order chi connectivity index (χ0) is 13.7. The minimum Gasteiger partial charge on any atom is -0.396 e. The number of aliphatic hydroxyl groups excluding tert-OH is 1. The van der Waals surface area contributed by atoms with E-state index in [1.54, 1.807) is 0 Å². The van der Waals surface area contributed by atoms with Gasteiger partial charge in [0.15, 0.2) is 0 Å². The van der Waals surface area contributed by atoms with Crippen molar-refractivity contribution < 1.29 is 9.90 Å². The Hall–Kier alpha value is -1.81. The van der Waals surface area contributed by atoms with Gasteiger partial charge in [0.1, 0.15) is 0 Å². The molecule has 4 nitrogen and oxygen atoms in total. The van der Waals surface area contributed by atoms with E-state index in [4.69, 9.17) is 5.11 Å². The van der Waals surface area contributed by atoms with Gasteiger partial charge in [-0.2, -0.15) is 0 Å². The lowest BCUT2D eigenvalue weighted by Gasteiger charge is -2.14. The molecule has 0 bridgehead atoms. The second-order valence-corrected chi connectivity index (χ2v) is 4.74. The molecule has 1 atom stereocenters. The molecule has 1 unspecified atom stereocenters. The number of hydrogen-bond acceptors (Lipinski definition) is 2. The number of hydrogen-bond donors (Lipinski definition) is 3. The second kappa shape index (κ2) is 6.38. The summed E-state index contributed by atoms with van der Waals surface area (Å²) in [6.45, 7) is 2.84. The average Bonchev–Trinajstić information content (AvgIpc) is 2.91. The van der Waals surface area contributed by atoms with E-state index in [1.165, 1.54) is 0 Å². The Kier molecular flexibility index (Phi) is 4.58. The Labute approximate surface area is 112 Å². The van der Waals surface area contributed by atoms with Crippen LogP contribution in [0.1, 0.15) is 30.1 Å². The molecule has 1 heterocycles. The number of para-hydroxylation sites is 1. The molecule has 19 heavy (non-hydrogen) atoms. The van der Waals surface area contributed by atoms with Gasteiger partial charge in [0.2, 0.25) is 0 Å². The zero-order valence-electron chi connectivity index (χ0n) is 11.1. The maximum Gasteiger partial charge on any atom is 0.253 e. The molecule has 0 saturated carbocycles. The van der Waals surface area contributed by atoms with E-state index in [1.807, 2.05) is 30.5 Å². The van der Waals surface area contributed by atoms with Crippen molar-refractivity contribution in [2.45, 2.75) is 19.8 Å². The first-order valence-electron chi connectivity index (χ1n) is 6.71. The van der Waals surface area contributed by atoms with Crippen LogP contribution in [0.5, 0.6) is 0 Å². The molecular formula is C15H20N2O2. The van der Waals surface area contributed by atoms with Gasteiger partial charge < -0.3 is 15.4 Å².